The van der Waals surface area contributed by atoms with Crippen molar-refractivity contribution in [2.24, 2.45) is 0 Å². The van der Waals surface area contributed by atoms with Gasteiger partial charge in [0, 0.05) is 11.1 Å². The molecule has 1 aliphatic rings. The van der Waals surface area contributed by atoms with Crippen molar-refractivity contribution >= 4 is 11.6 Å². The molecule has 1 atom stereocenters. The fraction of sp³-hybridized carbons (Fsp3) is 0.333. The zero-order valence-corrected chi connectivity index (χ0v) is 12.6. The van der Waals surface area contributed by atoms with Crippen LogP contribution in [0.3, 0.4) is 0 Å². The van der Waals surface area contributed by atoms with Crippen molar-refractivity contribution in [1.82, 2.24) is 5.32 Å². The second-order valence-electron chi connectivity index (χ2n) is 5.55. The summed E-state index contributed by atoms with van der Waals surface area (Å²) in [5.74, 6) is 0. The summed E-state index contributed by atoms with van der Waals surface area (Å²) in [6.45, 7) is 0. The number of hydrogen-bond acceptors (Lipinski definition) is 1. The number of halogens is 1. The number of likely N-dealkylation sites (N-methyl/N-ethyl adjacent to an activating group) is 1. The van der Waals surface area contributed by atoms with Crippen LogP contribution in [0.4, 0.5) is 0 Å². The molecule has 0 aromatic heterocycles. The van der Waals surface area contributed by atoms with Gasteiger partial charge in [0.2, 0.25) is 0 Å². The quantitative estimate of drug-likeness (QED) is 0.881. The van der Waals surface area contributed by atoms with Gasteiger partial charge in [0.25, 0.3) is 0 Å². The Hall–Kier alpha value is -1.31. The van der Waals surface area contributed by atoms with E-state index in [0.29, 0.717) is 6.04 Å². The normalized spacial score (nSPS) is 15.1. The van der Waals surface area contributed by atoms with Crippen LogP contribution in [0.1, 0.15) is 34.7 Å². The first kappa shape index (κ1) is 13.7. The molecule has 0 saturated heterocycles. The van der Waals surface area contributed by atoms with E-state index < -0.39 is 0 Å². The smallest absolute Gasteiger partial charge is 0.0406 e. The first-order chi connectivity index (χ1) is 9.76. The molecule has 0 fully saturated rings. The van der Waals surface area contributed by atoms with Crippen LogP contribution in [-0.2, 0) is 19.3 Å². The summed E-state index contributed by atoms with van der Waals surface area (Å²) in [5.41, 5.74) is 5.78. The van der Waals surface area contributed by atoms with Crippen LogP contribution in [0, 0.1) is 0 Å². The molecule has 2 heteroatoms. The highest BCUT2D eigenvalue weighted by Crippen LogP contribution is 2.27. The van der Waals surface area contributed by atoms with Crippen molar-refractivity contribution in [3.63, 3.8) is 0 Å². The maximum absolute atomic E-state index is 5.95. The lowest BCUT2D eigenvalue weighted by Crippen LogP contribution is -2.19. The molecule has 3 rings (SSSR count). The highest BCUT2D eigenvalue weighted by atomic mass is 35.5. The number of rotatable bonds is 4. The first-order valence-electron chi connectivity index (χ1n) is 7.29. The van der Waals surface area contributed by atoms with Gasteiger partial charge in [-0.05, 0) is 67.1 Å². The predicted octanol–water partition coefficient (Wildman–Crippen LogP) is 4.33. The third kappa shape index (κ3) is 2.89. The largest absolute Gasteiger partial charge is 0.313 e. The third-order valence-electron chi connectivity index (χ3n) is 4.23. The molecule has 20 heavy (non-hydrogen) atoms. The number of fused-ring (bicyclic) bond motifs is 1. The van der Waals surface area contributed by atoms with Gasteiger partial charge in [-0.1, -0.05) is 41.9 Å². The van der Waals surface area contributed by atoms with Gasteiger partial charge >= 0.3 is 0 Å². The van der Waals surface area contributed by atoms with Gasteiger partial charge in [-0.15, -0.1) is 0 Å². The van der Waals surface area contributed by atoms with E-state index in [4.69, 9.17) is 11.6 Å². The van der Waals surface area contributed by atoms with Crippen LogP contribution in [0.5, 0.6) is 0 Å². The summed E-state index contributed by atoms with van der Waals surface area (Å²) in [6.07, 6.45) is 4.78. The lowest BCUT2D eigenvalue weighted by atomic mass is 9.96. The maximum atomic E-state index is 5.95. The monoisotopic (exact) mass is 285 g/mol. The van der Waals surface area contributed by atoms with Gasteiger partial charge in [0.05, 0.1) is 0 Å². The molecule has 2 aromatic rings. The van der Waals surface area contributed by atoms with E-state index in [9.17, 15) is 0 Å². The minimum Gasteiger partial charge on any atom is -0.313 e. The number of hydrogen-bond donors (Lipinski definition) is 1. The Kier molecular flexibility index (Phi) is 4.09. The lowest BCUT2D eigenvalue weighted by Gasteiger charge is -2.18. The SMILES string of the molecule is CNC(Cc1ccc(Cl)cc1)c1ccc2c(c1)CCC2. The van der Waals surface area contributed by atoms with Gasteiger partial charge in [0.1, 0.15) is 0 Å². The van der Waals surface area contributed by atoms with E-state index in [2.05, 4.69) is 35.6 Å². The summed E-state index contributed by atoms with van der Waals surface area (Å²) < 4.78 is 0. The molecular formula is C18H20ClN. The van der Waals surface area contributed by atoms with Crippen LogP contribution in [0.2, 0.25) is 5.02 Å². The summed E-state index contributed by atoms with van der Waals surface area (Å²) in [7, 11) is 2.04. The summed E-state index contributed by atoms with van der Waals surface area (Å²) >= 11 is 5.95. The first-order valence-corrected chi connectivity index (χ1v) is 7.67. The molecule has 0 bridgehead atoms. The van der Waals surface area contributed by atoms with Crippen LogP contribution in [0.15, 0.2) is 42.5 Å². The zero-order valence-electron chi connectivity index (χ0n) is 11.8. The Labute approximate surface area is 126 Å². The van der Waals surface area contributed by atoms with Crippen molar-refractivity contribution in [2.45, 2.75) is 31.7 Å². The van der Waals surface area contributed by atoms with E-state index in [1.165, 1.54) is 36.0 Å². The van der Waals surface area contributed by atoms with E-state index >= 15 is 0 Å². The molecule has 1 N–H and O–H groups in total. The Bertz CT molecular complexity index is 589. The molecule has 1 aliphatic carbocycles. The van der Waals surface area contributed by atoms with Crippen LogP contribution < -0.4 is 5.32 Å². The minimum atomic E-state index is 0.363. The van der Waals surface area contributed by atoms with Gasteiger partial charge in [-0.2, -0.15) is 0 Å². The molecule has 2 aromatic carbocycles. The topological polar surface area (TPSA) is 12.0 Å². The minimum absolute atomic E-state index is 0.363. The van der Waals surface area contributed by atoms with Gasteiger partial charge in [0.15, 0.2) is 0 Å². The number of aryl methyl sites for hydroxylation is 2. The van der Waals surface area contributed by atoms with Crippen molar-refractivity contribution in [3.8, 4) is 0 Å². The Morgan fingerprint density at radius 3 is 2.55 bits per heavy atom. The fourth-order valence-electron chi connectivity index (χ4n) is 3.05. The highest BCUT2D eigenvalue weighted by molar-refractivity contribution is 6.30. The molecule has 0 radical (unpaired) electrons. The molecule has 0 aliphatic heterocycles. The van der Waals surface area contributed by atoms with Crippen molar-refractivity contribution in [2.75, 3.05) is 7.05 Å². The molecule has 1 unspecified atom stereocenters. The summed E-state index contributed by atoms with van der Waals surface area (Å²) in [4.78, 5) is 0. The van der Waals surface area contributed by atoms with Gasteiger partial charge < -0.3 is 5.32 Å². The summed E-state index contributed by atoms with van der Waals surface area (Å²) in [6, 6.07) is 15.5. The van der Waals surface area contributed by atoms with E-state index in [1.807, 2.05) is 19.2 Å². The Morgan fingerprint density at radius 2 is 1.80 bits per heavy atom. The molecule has 0 heterocycles. The lowest BCUT2D eigenvalue weighted by molar-refractivity contribution is 0.591. The zero-order chi connectivity index (χ0) is 13.9. The highest BCUT2D eigenvalue weighted by Gasteiger charge is 2.15. The summed E-state index contributed by atoms with van der Waals surface area (Å²) in [5, 5.41) is 4.24. The maximum Gasteiger partial charge on any atom is 0.0406 e. The molecule has 104 valence electrons. The average Bonchev–Trinajstić information content (AvgIpc) is 2.94. The Morgan fingerprint density at radius 1 is 1.05 bits per heavy atom. The van der Waals surface area contributed by atoms with E-state index in [-0.39, 0.29) is 0 Å². The fourth-order valence-corrected chi connectivity index (χ4v) is 3.18. The average molecular weight is 286 g/mol. The van der Waals surface area contributed by atoms with Crippen LogP contribution in [-0.4, -0.2) is 7.05 Å². The Balaban J connectivity index is 1.81. The third-order valence-corrected chi connectivity index (χ3v) is 4.48. The predicted molar refractivity (Wildman–Crippen MR) is 85.4 cm³/mol. The van der Waals surface area contributed by atoms with Crippen molar-refractivity contribution < 1.29 is 0 Å². The number of nitrogens with one attached hydrogen (secondary N) is 1. The molecule has 0 spiro atoms. The van der Waals surface area contributed by atoms with Crippen LogP contribution in [0.25, 0.3) is 0 Å². The standard InChI is InChI=1S/C18H20ClN/c1-20-18(11-13-5-9-17(19)10-6-13)16-8-7-14-3-2-4-15(14)12-16/h5-10,12,18,20H,2-4,11H2,1H3. The van der Waals surface area contributed by atoms with E-state index in [1.54, 1.807) is 5.56 Å². The molecule has 0 amide bonds. The second kappa shape index (κ2) is 5.99. The second-order valence-corrected chi connectivity index (χ2v) is 5.99. The van der Waals surface area contributed by atoms with E-state index in [0.717, 1.165) is 11.4 Å². The molecule has 0 saturated carbocycles. The van der Waals surface area contributed by atoms with Crippen LogP contribution >= 0.6 is 11.6 Å². The number of benzene rings is 2. The molecule has 1 nitrogen and oxygen atoms in total. The molecular weight excluding hydrogens is 266 g/mol. The van der Waals surface area contributed by atoms with Gasteiger partial charge in [-0.25, -0.2) is 0 Å². The van der Waals surface area contributed by atoms with Crippen molar-refractivity contribution in [3.05, 3.63) is 69.7 Å². The van der Waals surface area contributed by atoms with Crippen molar-refractivity contribution in [1.29, 1.82) is 0 Å². The van der Waals surface area contributed by atoms with Gasteiger partial charge in [-0.3, -0.25) is 0 Å².